The molecule has 106 valence electrons. The van der Waals surface area contributed by atoms with Crippen molar-refractivity contribution >= 4 is 39.3 Å². The van der Waals surface area contributed by atoms with E-state index >= 15 is 0 Å². The summed E-state index contributed by atoms with van der Waals surface area (Å²) in [6.45, 7) is 0. The molecule has 21 heavy (non-hydrogen) atoms. The molecule has 2 aromatic heterocycles. The van der Waals surface area contributed by atoms with E-state index in [0.717, 1.165) is 26.6 Å². The summed E-state index contributed by atoms with van der Waals surface area (Å²) >= 11 is 3.28. The van der Waals surface area contributed by atoms with Gasteiger partial charge in [-0.3, -0.25) is 0 Å². The predicted octanol–water partition coefficient (Wildman–Crippen LogP) is 3.77. The number of benzene rings is 1. The highest BCUT2D eigenvalue weighted by Crippen LogP contribution is 2.30. The van der Waals surface area contributed by atoms with E-state index in [2.05, 4.69) is 9.97 Å². The van der Waals surface area contributed by atoms with Crippen molar-refractivity contribution in [2.75, 3.05) is 7.11 Å². The molecule has 1 aromatic carbocycles. The fraction of sp³-hybridized carbons (Fsp3) is 0.133. The van der Waals surface area contributed by atoms with Crippen molar-refractivity contribution in [3.05, 3.63) is 53.2 Å². The largest absolute Gasteiger partial charge is 0.465 e. The molecule has 3 aromatic rings. The summed E-state index contributed by atoms with van der Waals surface area (Å²) in [5.74, 6) is 0.430. The number of esters is 1. The van der Waals surface area contributed by atoms with E-state index in [1.807, 2.05) is 29.6 Å². The lowest BCUT2D eigenvalue weighted by molar-refractivity contribution is 0.0600. The van der Waals surface area contributed by atoms with Crippen LogP contribution in [0.4, 0.5) is 0 Å². The van der Waals surface area contributed by atoms with Gasteiger partial charge >= 0.3 is 5.97 Å². The Morgan fingerprint density at radius 1 is 1.33 bits per heavy atom. The first-order chi connectivity index (χ1) is 10.3. The highest BCUT2D eigenvalue weighted by atomic mass is 32.2. The number of aromatic nitrogens is 2. The molecule has 3 rings (SSSR count). The lowest BCUT2D eigenvalue weighted by Gasteiger charge is -2.04. The number of ether oxygens (including phenoxy) is 1. The van der Waals surface area contributed by atoms with Crippen LogP contribution in [-0.2, 0) is 10.5 Å². The summed E-state index contributed by atoms with van der Waals surface area (Å²) in [5.41, 5.74) is 2.60. The first kappa shape index (κ1) is 14.0. The van der Waals surface area contributed by atoms with Gasteiger partial charge in [0.05, 0.1) is 22.9 Å². The van der Waals surface area contributed by atoms with E-state index in [-0.39, 0.29) is 5.97 Å². The highest BCUT2D eigenvalue weighted by Gasteiger charge is 2.08. The maximum absolute atomic E-state index is 11.5. The summed E-state index contributed by atoms with van der Waals surface area (Å²) in [4.78, 5) is 20.1. The summed E-state index contributed by atoms with van der Waals surface area (Å²) in [6, 6.07) is 9.45. The quantitative estimate of drug-likeness (QED) is 0.416. The van der Waals surface area contributed by atoms with Gasteiger partial charge in [-0.2, -0.15) is 0 Å². The van der Waals surface area contributed by atoms with Crippen LogP contribution in [0.5, 0.6) is 0 Å². The minimum atomic E-state index is -0.315. The molecule has 2 heterocycles. The lowest BCUT2D eigenvalue weighted by atomic mass is 10.1. The summed E-state index contributed by atoms with van der Waals surface area (Å²) in [5, 5.41) is 2.99. The second-order valence-corrected chi connectivity index (χ2v) is 6.17. The van der Waals surface area contributed by atoms with Gasteiger partial charge in [-0.15, -0.1) is 23.1 Å². The molecule has 0 aliphatic carbocycles. The van der Waals surface area contributed by atoms with Crippen LogP contribution in [0.25, 0.3) is 10.2 Å². The van der Waals surface area contributed by atoms with Gasteiger partial charge in [-0.25, -0.2) is 14.8 Å². The molecule has 0 amide bonds. The van der Waals surface area contributed by atoms with Crippen LogP contribution in [0.2, 0.25) is 0 Å². The van der Waals surface area contributed by atoms with E-state index < -0.39 is 0 Å². The summed E-state index contributed by atoms with van der Waals surface area (Å²) < 4.78 is 5.84. The van der Waals surface area contributed by atoms with Gasteiger partial charge in [-0.05, 0) is 29.1 Å². The molecular weight excluding hydrogens is 304 g/mol. The van der Waals surface area contributed by atoms with E-state index in [9.17, 15) is 4.79 Å². The SMILES string of the molecule is COC(=O)c1cccc(CSc2ncnc3ccsc23)c1. The third-order valence-corrected chi connectivity index (χ3v) is 5.03. The second kappa shape index (κ2) is 6.24. The van der Waals surface area contributed by atoms with E-state index in [0.29, 0.717) is 5.56 Å². The van der Waals surface area contributed by atoms with E-state index in [1.165, 1.54) is 7.11 Å². The fourth-order valence-corrected chi connectivity index (χ4v) is 3.82. The van der Waals surface area contributed by atoms with Crippen LogP contribution in [0, 0.1) is 0 Å². The number of nitrogens with zero attached hydrogens (tertiary/aromatic N) is 2. The molecule has 0 unspecified atom stereocenters. The molecule has 6 heteroatoms. The third-order valence-electron chi connectivity index (χ3n) is 2.93. The molecule has 0 aliphatic heterocycles. The first-order valence-electron chi connectivity index (χ1n) is 6.26. The molecule has 0 saturated heterocycles. The molecule has 0 spiro atoms. The van der Waals surface area contributed by atoms with Crippen molar-refractivity contribution in [3.63, 3.8) is 0 Å². The van der Waals surface area contributed by atoms with Gasteiger partial charge in [0, 0.05) is 5.75 Å². The average Bonchev–Trinajstić information content (AvgIpc) is 3.01. The number of carbonyl (C=O) groups is 1. The Balaban J connectivity index is 1.79. The van der Waals surface area contributed by atoms with Gasteiger partial charge in [-0.1, -0.05) is 12.1 Å². The maximum Gasteiger partial charge on any atom is 0.337 e. The normalized spacial score (nSPS) is 10.7. The first-order valence-corrected chi connectivity index (χ1v) is 8.12. The second-order valence-electron chi connectivity index (χ2n) is 4.29. The predicted molar refractivity (Wildman–Crippen MR) is 84.8 cm³/mol. The molecule has 4 nitrogen and oxygen atoms in total. The molecule has 0 saturated carbocycles. The van der Waals surface area contributed by atoms with Crippen LogP contribution >= 0.6 is 23.1 Å². The summed E-state index contributed by atoms with van der Waals surface area (Å²) in [6.07, 6.45) is 1.59. The van der Waals surface area contributed by atoms with Crippen molar-refractivity contribution in [3.8, 4) is 0 Å². The van der Waals surface area contributed by atoms with Crippen molar-refractivity contribution < 1.29 is 9.53 Å². The van der Waals surface area contributed by atoms with Crippen LogP contribution in [-0.4, -0.2) is 23.0 Å². The Kier molecular flexibility index (Phi) is 4.17. The Morgan fingerprint density at radius 2 is 2.24 bits per heavy atom. The van der Waals surface area contributed by atoms with Gasteiger partial charge in [0.1, 0.15) is 11.4 Å². The molecule has 0 bridgehead atoms. The van der Waals surface area contributed by atoms with Gasteiger partial charge in [0.25, 0.3) is 0 Å². The maximum atomic E-state index is 11.5. The number of hydrogen-bond acceptors (Lipinski definition) is 6. The Labute approximate surface area is 130 Å². The lowest BCUT2D eigenvalue weighted by Crippen LogP contribution is -2.01. The minimum absolute atomic E-state index is 0.315. The smallest absolute Gasteiger partial charge is 0.337 e. The van der Waals surface area contributed by atoms with Crippen LogP contribution in [0.1, 0.15) is 15.9 Å². The van der Waals surface area contributed by atoms with Crippen molar-refractivity contribution in [1.29, 1.82) is 0 Å². The van der Waals surface area contributed by atoms with Crippen molar-refractivity contribution in [1.82, 2.24) is 9.97 Å². The number of fused-ring (bicyclic) bond motifs is 1. The Morgan fingerprint density at radius 3 is 3.10 bits per heavy atom. The fourth-order valence-electron chi connectivity index (χ4n) is 1.93. The molecule has 0 radical (unpaired) electrons. The number of methoxy groups -OCH3 is 1. The Bertz CT molecular complexity index is 786. The van der Waals surface area contributed by atoms with Crippen LogP contribution in [0.15, 0.2) is 47.1 Å². The summed E-state index contributed by atoms with van der Waals surface area (Å²) in [7, 11) is 1.39. The van der Waals surface area contributed by atoms with Crippen LogP contribution in [0.3, 0.4) is 0 Å². The Hall–Kier alpha value is -1.92. The number of carbonyl (C=O) groups excluding carboxylic acids is 1. The minimum Gasteiger partial charge on any atom is -0.465 e. The zero-order valence-corrected chi connectivity index (χ0v) is 12.9. The van der Waals surface area contributed by atoms with Crippen molar-refractivity contribution in [2.45, 2.75) is 10.8 Å². The standard InChI is InChI=1S/C15H12N2O2S2/c1-19-15(18)11-4-2-3-10(7-11)8-21-14-13-12(5-6-20-13)16-9-17-14/h2-7,9H,8H2,1H3. The van der Waals surface area contributed by atoms with Gasteiger partial charge in [0.2, 0.25) is 0 Å². The van der Waals surface area contributed by atoms with E-state index in [1.54, 1.807) is 35.5 Å². The third kappa shape index (κ3) is 3.06. The van der Waals surface area contributed by atoms with Gasteiger partial charge in [0.15, 0.2) is 0 Å². The zero-order valence-electron chi connectivity index (χ0n) is 11.3. The molecule has 0 fully saturated rings. The van der Waals surface area contributed by atoms with Crippen molar-refractivity contribution in [2.24, 2.45) is 0 Å². The topological polar surface area (TPSA) is 52.1 Å². The van der Waals surface area contributed by atoms with Gasteiger partial charge < -0.3 is 4.74 Å². The number of hydrogen-bond donors (Lipinski definition) is 0. The molecular formula is C15H12N2O2S2. The number of thioether (sulfide) groups is 1. The van der Waals surface area contributed by atoms with Crippen LogP contribution < -0.4 is 0 Å². The van der Waals surface area contributed by atoms with E-state index in [4.69, 9.17) is 4.74 Å². The zero-order chi connectivity index (χ0) is 14.7. The molecule has 0 atom stereocenters. The number of rotatable bonds is 4. The average molecular weight is 316 g/mol. The molecule has 0 aliphatic rings. The highest BCUT2D eigenvalue weighted by molar-refractivity contribution is 7.98. The monoisotopic (exact) mass is 316 g/mol. The molecule has 0 N–H and O–H groups in total. The number of thiophene rings is 1.